The lowest BCUT2D eigenvalue weighted by atomic mass is 10.0. The summed E-state index contributed by atoms with van der Waals surface area (Å²) in [6, 6.07) is 12.1. The molecule has 3 rings (SSSR count). The second-order valence-corrected chi connectivity index (χ2v) is 4.33. The number of rotatable bonds is 2. The molecule has 0 N–H and O–H groups in total. The molecule has 2 aromatic rings. The zero-order chi connectivity index (χ0) is 12.5. The first-order valence-electron chi connectivity index (χ1n) is 6.13. The Hall–Kier alpha value is -2.03. The van der Waals surface area contributed by atoms with Gasteiger partial charge in [0.25, 0.3) is 0 Å². The summed E-state index contributed by atoms with van der Waals surface area (Å²) in [5, 5.41) is 2.33. The van der Waals surface area contributed by atoms with Crippen LogP contribution in [0.25, 0.3) is 10.8 Å². The highest BCUT2D eigenvalue weighted by Gasteiger charge is 2.31. The second kappa shape index (κ2) is 4.33. The van der Waals surface area contributed by atoms with E-state index in [1.807, 2.05) is 24.3 Å². The average Bonchev–Trinajstić information content (AvgIpc) is 2.83. The van der Waals surface area contributed by atoms with Crippen LogP contribution in [0.2, 0.25) is 0 Å². The van der Waals surface area contributed by atoms with Gasteiger partial charge in [0.2, 0.25) is 0 Å². The number of esters is 1. The summed E-state index contributed by atoms with van der Waals surface area (Å²) in [4.78, 5) is 11.7. The van der Waals surface area contributed by atoms with Crippen molar-refractivity contribution in [2.45, 2.75) is 19.4 Å². The SMILES string of the molecule is CCOC(=O)[C@@H]1Cc2c(ccc3ccccc23)O1. The number of carbonyl (C=O) groups is 1. The molecule has 0 fully saturated rings. The van der Waals surface area contributed by atoms with Gasteiger partial charge < -0.3 is 9.47 Å². The van der Waals surface area contributed by atoms with Crippen LogP contribution in [0.1, 0.15) is 12.5 Å². The van der Waals surface area contributed by atoms with Crippen LogP contribution in [-0.4, -0.2) is 18.7 Å². The van der Waals surface area contributed by atoms with Gasteiger partial charge in [-0.25, -0.2) is 4.79 Å². The minimum absolute atomic E-state index is 0.280. The van der Waals surface area contributed by atoms with Crippen LogP contribution in [0.15, 0.2) is 36.4 Å². The molecule has 0 saturated heterocycles. The van der Waals surface area contributed by atoms with Crippen LogP contribution < -0.4 is 4.74 Å². The third-order valence-electron chi connectivity index (χ3n) is 3.21. The summed E-state index contributed by atoms with van der Waals surface area (Å²) < 4.78 is 10.7. The van der Waals surface area contributed by atoms with E-state index < -0.39 is 6.10 Å². The highest BCUT2D eigenvalue weighted by molar-refractivity contribution is 5.90. The van der Waals surface area contributed by atoms with Gasteiger partial charge in [0.15, 0.2) is 6.10 Å². The smallest absolute Gasteiger partial charge is 0.347 e. The number of hydrogen-bond donors (Lipinski definition) is 0. The molecule has 3 heteroatoms. The number of benzene rings is 2. The molecule has 2 aromatic carbocycles. The predicted molar refractivity (Wildman–Crippen MR) is 68.7 cm³/mol. The largest absolute Gasteiger partial charge is 0.478 e. The third-order valence-corrected chi connectivity index (χ3v) is 3.21. The number of fused-ring (bicyclic) bond motifs is 3. The maximum Gasteiger partial charge on any atom is 0.347 e. The van der Waals surface area contributed by atoms with Crippen molar-refractivity contribution < 1.29 is 14.3 Å². The van der Waals surface area contributed by atoms with Crippen molar-refractivity contribution in [3.05, 3.63) is 42.0 Å². The lowest BCUT2D eigenvalue weighted by molar-refractivity contribution is -0.150. The Kier molecular flexibility index (Phi) is 2.67. The molecule has 0 bridgehead atoms. The zero-order valence-corrected chi connectivity index (χ0v) is 10.2. The fourth-order valence-electron chi connectivity index (χ4n) is 2.38. The van der Waals surface area contributed by atoms with Crippen molar-refractivity contribution in [3.63, 3.8) is 0 Å². The van der Waals surface area contributed by atoms with Gasteiger partial charge in [-0.3, -0.25) is 0 Å². The number of ether oxygens (including phenoxy) is 2. The summed E-state index contributed by atoms with van der Waals surface area (Å²) in [7, 11) is 0. The highest BCUT2D eigenvalue weighted by atomic mass is 16.6. The van der Waals surface area contributed by atoms with E-state index >= 15 is 0 Å². The van der Waals surface area contributed by atoms with Crippen molar-refractivity contribution in [2.24, 2.45) is 0 Å². The van der Waals surface area contributed by atoms with Crippen molar-refractivity contribution in [3.8, 4) is 5.75 Å². The van der Waals surface area contributed by atoms with E-state index in [0.29, 0.717) is 13.0 Å². The van der Waals surface area contributed by atoms with Crippen molar-refractivity contribution in [1.29, 1.82) is 0 Å². The molecule has 0 spiro atoms. The first kappa shape index (κ1) is 11.1. The maximum atomic E-state index is 11.7. The molecule has 1 atom stereocenters. The average molecular weight is 242 g/mol. The molecule has 0 aromatic heterocycles. The van der Waals surface area contributed by atoms with Crippen molar-refractivity contribution >= 4 is 16.7 Å². The number of carbonyl (C=O) groups excluding carboxylic acids is 1. The quantitative estimate of drug-likeness (QED) is 0.759. The summed E-state index contributed by atoms with van der Waals surface area (Å²) in [5.41, 5.74) is 1.10. The Balaban J connectivity index is 1.98. The molecule has 0 amide bonds. The molecule has 0 radical (unpaired) electrons. The van der Waals surface area contributed by atoms with Gasteiger partial charge in [-0.2, -0.15) is 0 Å². The lowest BCUT2D eigenvalue weighted by Crippen LogP contribution is -2.27. The standard InChI is InChI=1S/C15H14O3/c1-2-17-15(16)14-9-12-11-6-4-3-5-10(11)7-8-13(12)18-14/h3-8,14H,2,9H2,1H3/t14-/m0/s1. The van der Waals surface area contributed by atoms with E-state index in [-0.39, 0.29) is 5.97 Å². The van der Waals surface area contributed by atoms with Crippen LogP contribution in [0.4, 0.5) is 0 Å². The molecular weight excluding hydrogens is 228 g/mol. The minimum Gasteiger partial charge on any atom is -0.478 e. The summed E-state index contributed by atoms with van der Waals surface area (Å²) in [5.74, 6) is 0.518. The van der Waals surface area contributed by atoms with Gasteiger partial charge in [0.1, 0.15) is 5.75 Å². The van der Waals surface area contributed by atoms with E-state index in [1.54, 1.807) is 6.92 Å². The zero-order valence-electron chi connectivity index (χ0n) is 10.2. The summed E-state index contributed by atoms with van der Waals surface area (Å²) >= 11 is 0. The van der Waals surface area contributed by atoms with Crippen LogP contribution in [0, 0.1) is 0 Å². The molecule has 1 aliphatic heterocycles. The van der Waals surface area contributed by atoms with Gasteiger partial charge in [-0.05, 0) is 23.8 Å². The molecule has 1 aliphatic rings. The lowest BCUT2D eigenvalue weighted by Gasteiger charge is -2.08. The van der Waals surface area contributed by atoms with Gasteiger partial charge >= 0.3 is 5.97 Å². The van der Waals surface area contributed by atoms with E-state index in [9.17, 15) is 4.79 Å². The molecule has 0 unspecified atom stereocenters. The first-order valence-corrected chi connectivity index (χ1v) is 6.13. The Morgan fingerprint density at radius 3 is 3.00 bits per heavy atom. The maximum absolute atomic E-state index is 11.7. The molecule has 0 aliphatic carbocycles. The highest BCUT2D eigenvalue weighted by Crippen LogP contribution is 2.35. The van der Waals surface area contributed by atoms with Crippen LogP contribution >= 0.6 is 0 Å². The Labute approximate surface area is 105 Å². The van der Waals surface area contributed by atoms with Gasteiger partial charge in [-0.1, -0.05) is 30.3 Å². The third kappa shape index (κ3) is 1.72. The van der Waals surface area contributed by atoms with E-state index in [0.717, 1.165) is 16.7 Å². The van der Waals surface area contributed by atoms with E-state index in [4.69, 9.17) is 9.47 Å². The first-order chi connectivity index (χ1) is 8.79. The molecule has 1 heterocycles. The van der Waals surface area contributed by atoms with E-state index in [1.165, 1.54) is 5.39 Å². The number of hydrogen-bond acceptors (Lipinski definition) is 3. The van der Waals surface area contributed by atoms with Gasteiger partial charge in [-0.15, -0.1) is 0 Å². The van der Waals surface area contributed by atoms with Gasteiger partial charge in [0, 0.05) is 12.0 Å². The minimum atomic E-state index is -0.495. The van der Waals surface area contributed by atoms with Crippen molar-refractivity contribution in [1.82, 2.24) is 0 Å². The van der Waals surface area contributed by atoms with E-state index in [2.05, 4.69) is 12.1 Å². The predicted octanol–water partition coefficient (Wildman–Crippen LogP) is 2.71. The Bertz CT molecular complexity index is 604. The fourth-order valence-corrected chi connectivity index (χ4v) is 2.38. The van der Waals surface area contributed by atoms with Crippen LogP contribution in [-0.2, 0) is 16.0 Å². The molecular formula is C15H14O3. The fraction of sp³-hybridized carbons (Fsp3) is 0.267. The summed E-state index contributed by atoms with van der Waals surface area (Å²) in [6.45, 7) is 2.19. The molecule has 0 saturated carbocycles. The molecule has 18 heavy (non-hydrogen) atoms. The normalized spacial score (nSPS) is 17.3. The Morgan fingerprint density at radius 2 is 2.17 bits per heavy atom. The topological polar surface area (TPSA) is 35.5 Å². The van der Waals surface area contributed by atoms with Crippen LogP contribution in [0.5, 0.6) is 5.75 Å². The summed E-state index contributed by atoms with van der Waals surface area (Å²) in [6.07, 6.45) is 0.0981. The molecule has 92 valence electrons. The molecule has 3 nitrogen and oxygen atoms in total. The second-order valence-electron chi connectivity index (χ2n) is 4.33. The van der Waals surface area contributed by atoms with Crippen molar-refractivity contribution in [2.75, 3.05) is 6.61 Å². The van der Waals surface area contributed by atoms with Gasteiger partial charge in [0.05, 0.1) is 6.61 Å². The Morgan fingerprint density at radius 1 is 1.33 bits per heavy atom. The monoisotopic (exact) mass is 242 g/mol. The van der Waals surface area contributed by atoms with Crippen LogP contribution in [0.3, 0.4) is 0 Å².